The molecule has 0 fully saturated rings. The molecule has 0 saturated heterocycles. The smallest absolute Gasteiger partial charge is 0.0492 e. The molecule has 0 saturated carbocycles. The summed E-state index contributed by atoms with van der Waals surface area (Å²) in [5.74, 6) is 0. The van der Waals surface area contributed by atoms with E-state index in [0.29, 0.717) is 0 Å². The van der Waals surface area contributed by atoms with Gasteiger partial charge in [-0.05, 0) is 35.4 Å². The molecule has 2 aromatic heterocycles. The van der Waals surface area contributed by atoms with Crippen molar-refractivity contribution in [3.63, 3.8) is 0 Å². The van der Waals surface area contributed by atoms with Gasteiger partial charge < -0.3 is 0 Å². The first kappa shape index (κ1) is 14.1. The monoisotopic (exact) mass is 344 g/mol. The fourth-order valence-corrected chi connectivity index (χ4v) is 3.08. The molecule has 2 heterocycles. The molecule has 108 valence electrons. The molecule has 3 aromatic rings. The predicted molar refractivity (Wildman–Crippen MR) is 86.2 cm³/mol. The van der Waals surface area contributed by atoms with Crippen molar-refractivity contribution in [1.82, 2.24) is 19.6 Å². The van der Waals surface area contributed by atoms with Gasteiger partial charge in [0.2, 0.25) is 0 Å². The molecule has 3 rings (SSSR count). The van der Waals surface area contributed by atoms with Crippen molar-refractivity contribution >= 4 is 15.9 Å². The molecule has 0 aliphatic rings. The third-order valence-corrected chi connectivity index (χ3v) is 4.09. The Hall–Kier alpha value is -1.88. The van der Waals surface area contributed by atoms with E-state index in [1.54, 1.807) is 0 Å². The van der Waals surface area contributed by atoms with Crippen LogP contribution in [0.1, 0.15) is 22.5 Å². The minimum absolute atomic E-state index is 0.883. The van der Waals surface area contributed by atoms with Crippen LogP contribution in [-0.2, 0) is 26.9 Å². The van der Waals surface area contributed by atoms with Gasteiger partial charge in [-0.2, -0.15) is 10.2 Å². The van der Waals surface area contributed by atoms with E-state index >= 15 is 0 Å². The Morgan fingerprint density at radius 1 is 0.857 bits per heavy atom. The molecule has 1 aromatic carbocycles. The van der Waals surface area contributed by atoms with E-state index in [2.05, 4.69) is 56.5 Å². The Bertz CT molecular complexity index is 697. The minimum atomic E-state index is 0.883. The Balaban J connectivity index is 1.86. The van der Waals surface area contributed by atoms with Crippen LogP contribution in [0, 0.1) is 0 Å². The maximum Gasteiger partial charge on any atom is 0.0492 e. The third-order valence-electron chi connectivity index (χ3n) is 3.63. The van der Waals surface area contributed by atoms with Crippen molar-refractivity contribution in [2.45, 2.75) is 12.8 Å². The Morgan fingerprint density at radius 2 is 1.33 bits per heavy atom. The van der Waals surface area contributed by atoms with Crippen molar-refractivity contribution in [3.05, 3.63) is 69.7 Å². The fourth-order valence-electron chi connectivity index (χ4n) is 2.49. The number of benzene rings is 1. The first-order chi connectivity index (χ1) is 10.1. The highest BCUT2D eigenvalue weighted by molar-refractivity contribution is 9.10. The van der Waals surface area contributed by atoms with Gasteiger partial charge in [0.05, 0.1) is 0 Å². The Kier molecular flexibility index (Phi) is 3.92. The topological polar surface area (TPSA) is 35.6 Å². The lowest BCUT2D eigenvalue weighted by Gasteiger charge is -2.08. The van der Waals surface area contributed by atoms with Crippen molar-refractivity contribution in [2.75, 3.05) is 0 Å². The van der Waals surface area contributed by atoms with Gasteiger partial charge in [-0.15, -0.1) is 0 Å². The number of aromatic nitrogens is 4. The van der Waals surface area contributed by atoms with E-state index in [4.69, 9.17) is 0 Å². The van der Waals surface area contributed by atoms with Crippen LogP contribution >= 0.6 is 15.9 Å². The quantitative estimate of drug-likeness (QED) is 0.728. The summed E-state index contributed by atoms with van der Waals surface area (Å²) in [6.07, 6.45) is 5.44. The zero-order chi connectivity index (χ0) is 14.8. The summed E-state index contributed by atoms with van der Waals surface area (Å²) < 4.78 is 4.95. The van der Waals surface area contributed by atoms with E-state index in [1.165, 1.54) is 22.5 Å². The molecule has 0 atom stereocenters. The zero-order valence-corrected chi connectivity index (χ0v) is 13.7. The normalized spacial score (nSPS) is 11.0. The summed E-state index contributed by atoms with van der Waals surface area (Å²) >= 11 is 3.61. The van der Waals surface area contributed by atoms with Crippen LogP contribution in [0.4, 0.5) is 0 Å². The molecular formula is C16H17BrN4. The Labute approximate surface area is 132 Å². The number of hydrogen-bond donors (Lipinski definition) is 0. The molecule has 0 N–H and O–H groups in total. The van der Waals surface area contributed by atoms with Gasteiger partial charge in [0.15, 0.2) is 0 Å². The van der Waals surface area contributed by atoms with Crippen LogP contribution in [0.15, 0.2) is 47.2 Å². The summed E-state index contributed by atoms with van der Waals surface area (Å²) in [6, 6.07) is 10.7. The van der Waals surface area contributed by atoms with Crippen LogP contribution < -0.4 is 0 Å². The van der Waals surface area contributed by atoms with Crippen molar-refractivity contribution in [1.29, 1.82) is 0 Å². The predicted octanol–water partition coefficient (Wildman–Crippen LogP) is 3.10. The highest BCUT2D eigenvalue weighted by atomic mass is 79.9. The summed E-state index contributed by atoms with van der Waals surface area (Å²) in [4.78, 5) is 0. The molecule has 21 heavy (non-hydrogen) atoms. The maximum absolute atomic E-state index is 4.22. The van der Waals surface area contributed by atoms with E-state index in [0.717, 1.165) is 17.3 Å². The minimum Gasteiger partial charge on any atom is -0.272 e. The average molecular weight is 345 g/mol. The molecule has 0 amide bonds. The number of nitrogens with zero attached hydrogens (tertiary/aromatic N) is 4. The third kappa shape index (κ3) is 3.24. The SMILES string of the molecule is Cn1nccc1Cc1cc(Br)cc(Cc2ccnn2C)c1. The molecule has 4 nitrogen and oxygen atoms in total. The molecule has 0 unspecified atom stereocenters. The highest BCUT2D eigenvalue weighted by Gasteiger charge is 2.06. The van der Waals surface area contributed by atoms with Crippen molar-refractivity contribution in [3.8, 4) is 0 Å². The molecule has 0 aliphatic carbocycles. The van der Waals surface area contributed by atoms with E-state index < -0.39 is 0 Å². The van der Waals surface area contributed by atoms with E-state index in [9.17, 15) is 0 Å². The summed E-state index contributed by atoms with van der Waals surface area (Å²) in [6.45, 7) is 0. The lowest BCUT2D eigenvalue weighted by molar-refractivity contribution is 0.721. The van der Waals surface area contributed by atoms with Crippen LogP contribution in [0.5, 0.6) is 0 Å². The van der Waals surface area contributed by atoms with Crippen LogP contribution in [0.25, 0.3) is 0 Å². The summed E-state index contributed by atoms with van der Waals surface area (Å²) in [7, 11) is 3.95. The fraction of sp³-hybridized carbons (Fsp3) is 0.250. The summed E-state index contributed by atoms with van der Waals surface area (Å²) in [5.41, 5.74) is 4.98. The van der Waals surface area contributed by atoms with Crippen LogP contribution in [-0.4, -0.2) is 19.6 Å². The van der Waals surface area contributed by atoms with Gasteiger partial charge in [-0.25, -0.2) is 0 Å². The van der Waals surface area contributed by atoms with Crippen molar-refractivity contribution < 1.29 is 0 Å². The highest BCUT2D eigenvalue weighted by Crippen LogP contribution is 2.20. The molecule has 0 radical (unpaired) electrons. The first-order valence-corrected chi connectivity index (χ1v) is 7.63. The lowest BCUT2D eigenvalue weighted by Crippen LogP contribution is -2.01. The molecule has 0 spiro atoms. The second kappa shape index (κ2) is 5.85. The molecule has 5 heteroatoms. The van der Waals surface area contributed by atoms with Gasteiger partial charge in [0.25, 0.3) is 0 Å². The summed E-state index contributed by atoms with van der Waals surface area (Å²) in [5, 5.41) is 8.45. The molecule has 0 bridgehead atoms. The molecule has 0 aliphatic heterocycles. The number of hydrogen-bond acceptors (Lipinski definition) is 2. The van der Waals surface area contributed by atoms with Crippen LogP contribution in [0.3, 0.4) is 0 Å². The second-order valence-corrected chi connectivity index (χ2v) is 6.13. The van der Waals surface area contributed by atoms with Crippen LogP contribution in [0.2, 0.25) is 0 Å². The van der Waals surface area contributed by atoms with Gasteiger partial charge >= 0.3 is 0 Å². The van der Waals surface area contributed by atoms with E-state index in [-0.39, 0.29) is 0 Å². The van der Waals surface area contributed by atoms with Gasteiger partial charge in [-0.3, -0.25) is 9.36 Å². The Morgan fingerprint density at radius 3 is 1.71 bits per heavy atom. The lowest BCUT2D eigenvalue weighted by atomic mass is 10.0. The van der Waals surface area contributed by atoms with Gasteiger partial charge in [-0.1, -0.05) is 22.0 Å². The average Bonchev–Trinajstić information content (AvgIpc) is 2.99. The second-order valence-electron chi connectivity index (χ2n) is 5.21. The van der Waals surface area contributed by atoms with Gasteiger partial charge in [0, 0.05) is 55.2 Å². The number of halogens is 1. The maximum atomic E-state index is 4.22. The largest absolute Gasteiger partial charge is 0.272 e. The van der Waals surface area contributed by atoms with E-state index in [1.807, 2.05) is 35.9 Å². The molecular weight excluding hydrogens is 328 g/mol. The zero-order valence-electron chi connectivity index (χ0n) is 12.1. The van der Waals surface area contributed by atoms with Gasteiger partial charge in [0.1, 0.15) is 0 Å². The standard InChI is InChI=1S/C16H17BrN4/c1-20-15(3-5-18-20)10-12-7-13(9-14(17)8-12)11-16-4-6-19-21(16)2/h3-9H,10-11H2,1-2H3. The van der Waals surface area contributed by atoms with Crippen molar-refractivity contribution in [2.24, 2.45) is 14.1 Å². The number of rotatable bonds is 4. The first-order valence-electron chi connectivity index (χ1n) is 6.84. The number of aryl methyl sites for hydroxylation is 2.